The van der Waals surface area contributed by atoms with E-state index in [1.807, 2.05) is 16.9 Å². The van der Waals surface area contributed by atoms with Gasteiger partial charge in [0.2, 0.25) is 5.91 Å². The van der Waals surface area contributed by atoms with Gasteiger partial charge >= 0.3 is 0 Å². The number of piperazine rings is 2. The number of rotatable bonds is 10. The quantitative estimate of drug-likeness (QED) is 0.165. The molecule has 0 atom stereocenters. The molecule has 4 heterocycles. The molecule has 2 aliphatic rings. The summed E-state index contributed by atoms with van der Waals surface area (Å²) in [6, 6.07) is 10.1. The highest BCUT2D eigenvalue weighted by Crippen LogP contribution is 2.38. The van der Waals surface area contributed by atoms with Crippen LogP contribution in [0.3, 0.4) is 0 Å². The van der Waals surface area contributed by atoms with Crippen LogP contribution in [-0.2, 0) is 14.8 Å². The molecule has 2 aliphatic heterocycles. The third-order valence-electron chi connectivity index (χ3n) is 8.69. The van der Waals surface area contributed by atoms with Gasteiger partial charge in [-0.15, -0.1) is 0 Å². The lowest BCUT2D eigenvalue weighted by molar-refractivity contribution is -0.117. The van der Waals surface area contributed by atoms with Gasteiger partial charge in [-0.3, -0.25) is 4.79 Å². The molecule has 4 aromatic rings. The average molecular weight is 696 g/mol. The number of thiocarbonyl (C=S) groups is 1. The predicted octanol–water partition coefficient (Wildman–Crippen LogP) is 2.48. The maximum Gasteiger partial charge on any atom is 0.264 e. The van der Waals surface area contributed by atoms with E-state index in [0.29, 0.717) is 55.1 Å². The Kier molecular flexibility index (Phi) is 10.1. The SMILES string of the molecule is COc1cc2c(cc1OCCCN1CCN(C)CC1)[nH]c1ncnc(N3CCN(C(=S)Nc4ccc(S(=O)(=O)NC(C)=O)cc4)CC3)c12. The first-order chi connectivity index (χ1) is 23.1. The van der Waals surface area contributed by atoms with Gasteiger partial charge in [0.15, 0.2) is 16.6 Å². The zero-order valence-corrected chi connectivity index (χ0v) is 29.0. The van der Waals surface area contributed by atoms with E-state index in [2.05, 4.69) is 41.9 Å². The van der Waals surface area contributed by atoms with E-state index in [1.165, 1.54) is 12.1 Å². The number of H-pyrrole nitrogens is 1. The fraction of sp³-hybridized carbons (Fsp3) is 0.438. The Morgan fingerprint density at radius 1 is 1.00 bits per heavy atom. The Balaban J connectivity index is 1.09. The van der Waals surface area contributed by atoms with Gasteiger partial charge in [-0.1, -0.05) is 0 Å². The normalized spacial score (nSPS) is 16.3. The van der Waals surface area contributed by atoms with E-state index >= 15 is 0 Å². The zero-order valence-electron chi connectivity index (χ0n) is 27.4. The standard InChI is InChI=1S/C32H41N9O5S2/c1-22(42)37-48(43,44)24-7-5-23(6-8-24)35-32(47)41-16-14-40(15-17-41)31-29-25-19-27(45-3)28(20-26(25)36-30(29)33-21-34-31)46-18-4-9-39-12-10-38(2)11-13-39/h5-8,19-21H,4,9-18H2,1-3H3,(H,35,47)(H,37,42)(H,33,34,36). The second-order valence-electron chi connectivity index (χ2n) is 12.0. The van der Waals surface area contributed by atoms with E-state index in [4.69, 9.17) is 26.7 Å². The van der Waals surface area contributed by atoms with Crippen molar-refractivity contribution >= 4 is 66.7 Å². The van der Waals surface area contributed by atoms with Gasteiger partial charge < -0.3 is 39.4 Å². The highest BCUT2D eigenvalue weighted by atomic mass is 32.2. The number of hydrogen-bond donors (Lipinski definition) is 3. The number of amides is 1. The Bertz CT molecular complexity index is 1890. The van der Waals surface area contributed by atoms with Crippen LogP contribution in [0, 0.1) is 0 Å². The van der Waals surface area contributed by atoms with Crippen molar-refractivity contribution in [3.05, 3.63) is 42.7 Å². The molecule has 14 nitrogen and oxygen atoms in total. The minimum atomic E-state index is -3.90. The van der Waals surface area contributed by atoms with Crippen LogP contribution in [0.5, 0.6) is 11.5 Å². The molecule has 2 saturated heterocycles. The van der Waals surface area contributed by atoms with Crippen LogP contribution in [0.1, 0.15) is 13.3 Å². The Hall–Kier alpha value is -4.25. The number of likely N-dealkylation sites (N-methyl/N-ethyl adjacent to an activating group) is 1. The summed E-state index contributed by atoms with van der Waals surface area (Å²) in [7, 11) is -0.0824. The lowest BCUT2D eigenvalue weighted by Gasteiger charge is -2.37. The van der Waals surface area contributed by atoms with Crippen LogP contribution in [0.2, 0.25) is 0 Å². The predicted molar refractivity (Wildman–Crippen MR) is 189 cm³/mol. The van der Waals surface area contributed by atoms with Crippen LogP contribution in [-0.4, -0.2) is 129 Å². The van der Waals surface area contributed by atoms with Gasteiger partial charge in [0.25, 0.3) is 10.0 Å². The minimum absolute atomic E-state index is 0.00526. The molecule has 3 N–H and O–H groups in total. The number of nitrogens with zero attached hydrogens (tertiary/aromatic N) is 6. The number of fused-ring (bicyclic) bond motifs is 3. The molecule has 256 valence electrons. The highest BCUT2D eigenvalue weighted by molar-refractivity contribution is 7.90. The second-order valence-corrected chi connectivity index (χ2v) is 14.1. The van der Waals surface area contributed by atoms with Crippen molar-refractivity contribution in [3.63, 3.8) is 0 Å². The summed E-state index contributed by atoms with van der Waals surface area (Å²) in [6.07, 6.45) is 2.52. The van der Waals surface area contributed by atoms with Gasteiger partial charge in [0.1, 0.15) is 17.8 Å². The average Bonchev–Trinajstić information content (AvgIpc) is 3.44. The van der Waals surface area contributed by atoms with Crippen LogP contribution < -0.4 is 24.4 Å². The monoisotopic (exact) mass is 695 g/mol. The van der Waals surface area contributed by atoms with Crippen molar-refractivity contribution in [2.75, 3.05) is 89.9 Å². The number of carbonyl (C=O) groups is 1. The van der Waals surface area contributed by atoms with Gasteiger partial charge in [-0.2, -0.15) is 0 Å². The van der Waals surface area contributed by atoms with E-state index in [0.717, 1.165) is 73.8 Å². The number of ether oxygens (including phenoxy) is 2. The third-order valence-corrected chi connectivity index (χ3v) is 10.5. The molecule has 0 saturated carbocycles. The number of sulfonamides is 1. The largest absolute Gasteiger partial charge is 0.493 e. The van der Waals surface area contributed by atoms with Gasteiger partial charge in [0.05, 0.1) is 29.5 Å². The van der Waals surface area contributed by atoms with Crippen molar-refractivity contribution in [2.45, 2.75) is 18.2 Å². The molecule has 1 amide bonds. The van der Waals surface area contributed by atoms with Gasteiger partial charge in [-0.25, -0.2) is 23.1 Å². The smallest absolute Gasteiger partial charge is 0.264 e. The molecule has 16 heteroatoms. The molecule has 2 aromatic carbocycles. The summed E-state index contributed by atoms with van der Waals surface area (Å²) in [5.74, 6) is 1.55. The molecular formula is C32H41N9O5S2. The zero-order chi connectivity index (χ0) is 33.8. The molecule has 2 fully saturated rings. The lowest BCUT2D eigenvalue weighted by atomic mass is 10.1. The molecule has 0 bridgehead atoms. The van der Waals surface area contributed by atoms with E-state index < -0.39 is 15.9 Å². The molecule has 0 radical (unpaired) electrons. The number of carbonyl (C=O) groups excluding carboxylic acids is 1. The summed E-state index contributed by atoms with van der Waals surface area (Å²) in [5, 5.41) is 5.61. The highest BCUT2D eigenvalue weighted by Gasteiger charge is 2.24. The maximum absolute atomic E-state index is 12.2. The van der Waals surface area contributed by atoms with Crippen molar-refractivity contribution in [2.24, 2.45) is 0 Å². The fourth-order valence-electron chi connectivity index (χ4n) is 6.06. The number of aromatic nitrogens is 3. The van der Waals surface area contributed by atoms with E-state index in [-0.39, 0.29) is 4.90 Å². The van der Waals surface area contributed by atoms with Gasteiger partial charge in [0, 0.05) is 83.0 Å². The van der Waals surface area contributed by atoms with Crippen molar-refractivity contribution < 1.29 is 22.7 Å². The van der Waals surface area contributed by atoms with Crippen LogP contribution >= 0.6 is 12.2 Å². The Morgan fingerprint density at radius 2 is 1.73 bits per heavy atom. The number of anilines is 2. The molecule has 48 heavy (non-hydrogen) atoms. The minimum Gasteiger partial charge on any atom is -0.493 e. The molecule has 6 rings (SSSR count). The van der Waals surface area contributed by atoms with Crippen LogP contribution in [0.4, 0.5) is 11.5 Å². The molecular weight excluding hydrogens is 655 g/mol. The first-order valence-electron chi connectivity index (χ1n) is 15.9. The molecule has 2 aromatic heterocycles. The van der Waals surface area contributed by atoms with E-state index in [9.17, 15) is 13.2 Å². The van der Waals surface area contributed by atoms with Gasteiger partial charge in [-0.05, 0) is 56.0 Å². The fourth-order valence-corrected chi connectivity index (χ4v) is 7.35. The van der Waals surface area contributed by atoms with Crippen molar-refractivity contribution in [1.82, 2.24) is 34.4 Å². The number of nitrogens with one attached hydrogen (secondary N) is 3. The summed E-state index contributed by atoms with van der Waals surface area (Å²) in [6.45, 7) is 9.84. The first-order valence-corrected chi connectivity index (χ1v) is 17.8. The Morgan fingerprint density at radius 3 is 2.42 bits per heavy atom. The number of benzene rings is 2. The summed E-state index contributed by atoms with van der Waals surface area (Å²) in [5.41, 5.74) is 2.29. The summed E-state index contributed by atoms with van der Waals surface area (Å²) >= 11 is 5.68. The molecule has 0 spiro atoms. The second kappa shape index (κ2) is 14.5. The van der Waals surface area contributed by atoms with Crippen LogP contribution in [0.15, 0.2) is 47.6 Å². The molecule has 0 unspecified atom stereocenters. The third kappa shape index (κ3) is 7.56. The number of hydrogen-bond acceptors (Lipinski definition) is 11. The lowest BCUT2D eigenvalue weighted by Crippen LogP contribution is -2.50. The first kappa shape index (κ1) is 33.6. The number of aromatic amines is 1. The molecule has 0 aliphatic carbocycles. The topological polar surface area (TPSA) is 148 Å². The number of methoxy groups -OCH3 is 1. The maximum atomic E-state index is 12.2. The van der Waals surface area contributed by atoms with E-state index in [1.54, 1.807) is 25.6 Å². The summed E-state index contributed by atoms with van der Waals surface area (Å²) in [4.78, 5) is 33.0. The van der Waals surface area contributed by atoms with Crippen LogP contribution in [0.25, 0.3) is 21.9 Å². The Labute approximate surface area is 285 Å². The van der Waals surface area contributed by atoms with Crippen molar-refractivity contribution in [3.8, 4) is 11.5 Å². The summed E-state index contributed by atoms with van der Waals surface area (Å²) < 4.78 is 38.4. The van der Waals surface area contributed by atoms with Crippen molar-refractivity contribution in [1.29, 1.82) is 0 Å².